The molecule has 0 aliphatic carbocycles. The molecule has 0 aromatic heterocycles. The smallest absolute Gasteiger partial charge is 0.188 e. The fourth-order valence-corrected chi connectivity index (χ4v) is 3.03. The zero-order chi connectivity index (χ0) is 18.4. The summed E-state index contributed by atoms with van der Waals surface area (Å²) >= 11 is 0. The fourth-order valence-electron chi connectivity index (χ4n) is 3.03. The van der Waals surface area contributed by atoms with Crippen LogP contribution in [0, 0.1) is 27.7 Å². The minimum absolute atomic E-state index is 0.257. The predicted molar refractivity (Wildman–Crippen MR) is 101 cm³/mol. The van der Waals surface area contributed by atoms with Gasteiger partial charge in [0.05, 0.1) is 6.61 Å². The van der Waals surface area contributed by atoms with Crippen LogP contribution in [-0.4, -0.2) is 34.2 Å². The molecule has 0 unspecified atom stereocenters. The Bertz CT molecular complexity index is 676. The summed E-state index contributed by atoms with van der Waals surface area (Å²) in [6.07, 6.45) is 0. The molecule has 0 N–H and O–H groups in total. The van der Waals surface area contributed by atoms with Gasteiger partial charge in [-0.25, -0.2) is 0 Å². The first-order valence-corrected chi connectivity index (χ1v) is 8.44. The van der Waals surface area contributed by atoms with Gasteiger partial charge in [-0.15, -0.1) is 0 Å². The summed E-state index contributed by atoms with van der Waals surface area (Å²) in [6.45, 7) is 9.67. The van der Waals surface area contributed by atoms with Gasteiger partial charge in [0.1, 0.15) is 18.1 Å². The van der Waals surface area contributed by atoms with E-state index in [1.165, 1.54) is 11.1 Å². The van der Waals surface area contributed by atoms with E-state index in [0.717, 1.165) is 33.8 Å². The lowest BCUT2D eigenvalue weighted by Crippen LogP contribution is -2.06. The third-order valence-corrected chi connectivity index (χ3v) is 4.11. The van der Waals surface area contributed by atoms with E-state index in [1.807, 2.05) is 0 Å². The summed E-state index contributed by atoms with van der Waals surface area (Å²) in [5.41, 5.74) is 6.81. The highest BCUT2D eigenvalue weighted by molar-refractivity contribution is 5.70. The summed E-state index contributed by atoms with van der Waals surface area (Å²) in [4.78, 5) is 0. The maximum absolute atomic E-state index is 5.85. The van der Waals surface area contributed by atoms with Crippen LogP contribution >= 0.6 is 0 Å². The zero-order valence-electron chi connectivity index (χ0n) is 16.1. The number of hydrogen-bond donors (Lipinski definition) is 0. The number of hydrogen-bond acceptors (Lipinski definition) is 4. The van der Waals surface area contributed by atoms with Crippen molar-refractivity contribution in [2.45, 2.75) is 27.7 Å². The number of aryl methyl sites for hydroxylation is 4. The van der Waals surface area contributed by atoms with Crippen LogP contribution in [0.4, 0.5) is 0 Å². The average molecular weight is 344 g/mol. The van der Waals surface area contributed by atoms with E-state index in [0.29, 0.717) is 13.2 Å². The van der Waals surface area contributed by atoms with E-state index in [4.69, 9.17) is 18.9 Å². The first-order chi connectivity index (χ1) is 12.0. The normalized spacial score (nSPS) is 10.8. The van der Waals surface area contributed by atoms with E-state index in [9.17, 15) is 0 Å². The van der Waals surface area contributed by atoms with Crippen molar-refractivity contribution in [1.29, 1.82) is 0 Å². The Morgan fingerprint density at radius 1 is 0.600 bits per heavy atom. The second kappa shape index (κ2) is 8.88. The molecule has 25 heavy (non-hydrogen) atoms. The highest BCUT2D eigenvalue weighted by Gasteiger charge is 2.11. The van der Waals surface area contributed by atoms with Crippen LogP contribution in [0.3, 0.4) is 0 Å². The van der Waals surface area contributed by atoms with Gasteiger partial charge in [0, 0.05) is 14.2 Å². The monoisotopic (exact) mass is 344 g/mol. The van der Waals surface area contributed by atoms with Crippen LogP contribution in [0.15, 0.2) is 24.3 Å². The second-order valence-corrected chi connectivity index (χ2v) is 6.27. The SMILES string of the molecule is COCCOc1c(C)cc(-c2cc(C)c(OCOC)c(C)c2)cc1C. The third-order valence-electron chi connectivity index (χ3n) is 4.11. The quantitative estimate of drug-likeness (QED) is 0.518. The third kappa shape index (κ3) is 4.74. The summed E-state index contributed by atoms with van der Waals surface area (Å²) in [5.74, 6) is 1.83. The molecule has 0 heterocycles. The molecule has 2 aromatic carbocycles. The summed E-state index contributed by atoms with van der Waals surface area (Å²) < 4.78 is 21.6. The Balaban J connectivity index is 2.32. The van der Waals surface area contributed by atoms with Crippen molar-refractivity contribution in [1.82, 2.24) is 0 Å². The second-order valence-electron chi connectivity index (χ2n) is 6.27. The van der Waals surface area contributed by atoms with Gasteiger partial charge >= 0.3 is 0 Å². The average Bonchev–Trinajstić information content (AvgIpc) is 2.56. The van der Waals surface area contributed by atoms with Gasteiger partial charge in [-0.3, -0.25) is 0 Å². The Morgan fingerprint density at radius 2 is 1.04 bits per heavy atom. The summed E-state index contributed by atoms with van der Waals surface area (Å²) in [7, 11) is 3.30. The Kier molecular flexibility index (Phi) is 6.85. The first kappa shape index (κ1) is 19.3. The van der Waals surface area contributed by atoms with Crippen molar-refractivity contribution >= 4 is 0 Å². The largest absolute Gasteiger partial charge is 0.491 e. The van der Waals surface area contributed by atoms with Crippen LogP contribution in [0.25, 0.3) is 11.1 Å². The molecule has 0 radical (unpaired) electrons. The molecule has 0 saturated heterocycles. The topological polar surface area (TPSA) is 36.9 Å². The van der Waals surface area contributed by atoms with Crippen molar-refractivity contribution < 1.29 is 18.9 Å². The van der Waals surface area contributed by atoms with Crippen molar-refractivity contribution in [2.24, 2.45) is 0 Å². The van der Waals surface area contributed by atoms with E-state index in [-0.39, 0.29) is 6.79 Å². The lowest BCUT2D eigenvalue weighted by molar-refractivity contribution is 0.0501. The van der Waals surface area contributed by atoms with E-state index in [1.54, 1.807) is 14.2 Å². The molecule has 0 amide bonds. The van der Waals surface area contributed by atoms with Gasteiger partial charge in [-0.1, -0.05) is 0 Å². The highest BCUT2D eigenvalue weighted by atomic mass is 16.7. The molecular formula is C21H28O4. The van der Waals surface area contributed by atoms with Crippen molar-refractivity contribution in [3.8, 4) is 22.6 Å². The fraction of sp³-hybridized carbons (Fsp3) is 0.429. The summed E-state index contributed by atoms with van der Waals surface area (Å²) in [5, 5.41) is 0. The molecule has 4 heteroatoms. The molecular weight excluding hydrogens is 316 g/mol. The molecule has 0 aliphatic rings. The molecule has 0 atom stereocenters. The first-order valence-electron chi connectivity index (χ1n) is 8.44. The molecule has 0 fully saturated rings. The van der Waals surface area contributed by atoms with E-state index < -0.39 is 0 Å². The molecule has 0 saturated carbocycles. The minimum atomic E-state index is 0.257. The van der Waals surface area contributed by atoms with Gasteiger partial charge in [0.15, 0.2) is 6.79 Å². The maximum Gasteiger partial charge on any atom is 0.188 e. The molecule has 4 nitrogen and oxygen atoms in total. The molecule has 2 rings (SSSR count). The van der Waals surface area contributed by atoms with Gasteiger partial charge in [-0.2, -0.15) is 0 Å². The molecule has 0 bridgehead atoms. The number of rotatable bonds is 8. The van der Waals surface area contributed by atoms with Gasteiger partial charge in [-0.05, 0) is 85.3 Å². The van der Waals surface area contributed by atoms with Crippen molar-refractivity contribution in [3.63, 3.8) is 0 Å². The van der Waals surface area contributed by atoms with Crippen LogP contribution in [0.2, 0.25) is 0 Å². The van der Waals surface area contributed by atoms with Crippen LogP contribution < -0.4 is 9.47 Å². The van der Waals surface area contributed by atoms with Crippen LogP contribution in [0.1, 0.15) is 22.3 Å². The zero-order valence-corrected chi connectivity index (χ0v) is 16.1. The standard InChI is InChI=1S/C21H28O4/c1-14-9-18(10-15(2)20(14)24-8-7-22-5)19-11-16(3)21(17(4)12-19)25-13-23-6/h9-12H,7-8,13H2,1-6H3. The molecule has 0 aliphatic heterocycles. The van der Waals surface area contributed by atoms with E-state index >= 15 is 0 Å². The summed E-state index contributed by atoms with van der Waals surface area (Å²) in [6, 6.07) is 8.63. The lowest BCUT2D eigenvalue weighted by atomic mass is 9.96. The van der Waals surface area contributed by atoms with Crippen molar-refractivity contribution in [3.05, 3.63) is 46.5 Å². The number of methoxy groups -OCH3 is 2. The highest BCUT2D eigenvalue weighted by Crippen LogP contribution is 2.34. The minimum Gasteiger partial charge on any atom is -0.491 e. The maximum atomic E-state index is 5.85. The Morgan fingerprint density at radius 3 is 1.44 bits per heavy atom. The van der Waals surface area contributed by atoms with Gasteiger partial charge in [0.2, 0.25) is 0 Å². The van der Waals surface area contributed by atoms with E-state index in [2.05, 4.69) is 52.0 Å². The lowest BCUT2D eigenvalue weighted by Gasteiger charge is -2.16. The van der Waals surface area contributed by atoms with Gasteiger partial charge < -0.3 is 18.9 Å². The number of benzene rings is 2. The molecule has 136 valence electrons. The molecule has 0 spiro atoms. The van der Waals surface area contributed by atoms with Crippen LogP contribution in [-0.2, 0) is 9.47 Å². The Labute approximate surface area is 150 Å². The van der Waals surface area contributed by atoms with Crippen LogP contribution in [0.5, 0.6) is 11.5 Å². The number of ether oxygens (including phenoxy) is 4. The Hall–Kier alpha value is -2.04. The van der Waals surface area contributed by atoms with Crippen molar-refractivity contribution in [2.75, 3.05) is 34.2 Å². The van der Waals surface area contributed by atoms with Gasteiger partial charge in [0.25, 0.3) is 0 Å². The molecule has 2 aromatic rings. The predicted octanol–water partition coefficient (Wildman–Crippen LogP) is 4.60.